The van der Waals surface area contributed by atoms with E-state index in [2.05, 4.69) is 15.5 Å². The number of carboxylic acids is 1. The summed E-state index contributed by atoms with van der Waals surface area (Å²) in [5.74, 6) is -1.92. The van der Waals surface area contributed by atoms with Crippen LogP contribution >= 0.6 is 11.6 Å². The Morgan fingerprint density at radius 1 is 0.848 bits per heavy atom. The number of halogens is 1. The Hall–Kier alpha value is -4.61. The zero-order chi connectivity index (χ0) is 32.6. The van der Waals surface area contributed by atoms with Crippen molar-refractivity contribution in [3.05, 3.63) is 94.0 Å². The second kappa shape index (κ2) is 15.1. The Labute approximate surface area is 273 Å². The van der Waals surface area contributed by atoms with Crippen LogP contribution in [0.15, 0.2) is 66.7 Å². The molecule has 0 spiro atoms. The number of aliphatic carboxylic acids is 1. The molecule has 4 amide bonds. The average Bonchev–Trinajstić information content (AvgIpc) is 3.31. The van der Waals surface area contributed by atoms with Crippen LogP contribution in [0.2, 0.25) is 5.02 Å². The lowest BCUT2D eigenvalue weighted by Crippen LogP contribution is -2.49. The number of hydrogen-bond acceptors (Lipinski definition) is 6. The maximum Gasteiger partial charge on any atom is 0.320 e. The van der Waals surface area contributed by atoms with Gasteiger partial charge in [0.2, 0.25) is 0 Å². The second-order valence-corrected chi connectivity index (χ2v) is 11.9. The first-order valence-electron chi connectivity index (χ1n) is 15.3. The zero-order valence-corrected chi connectivity index (χ0v) is 26.5. The summed E-state index contributed by atoms with van der Waals surface area (Å²) in [5, 5.41) is 15.8. The van der Waals surface area contributed by atoms with Crippen molar-refractivity contribution in [3.8, 4) is 0 Å². The molecule has 2 aliphatic rings. The highest BCUT2D eigenvalue weighted by Crippen LogP contribution is 2.30. The number of anilines is 2. The number of rotatable bonds is 8. The molecule has 2 saturated heterocycles. The lowest BCUT2D eigenvalue weighted by atomic mass is 10.0. The molecule has 0 bridgehead atoms. The Morgan fingerprint density at radius 3 is 2.28 bits per heavy atom. The van der Waals surface area contributed by atoms with Gasteiger partial charge >= 0.3 is 12.0 Å². The summed E-state index contributed by atoms with van der Waals surface area (Å²) in [5.41, 5.74) is 3.41. The summed E-state index contributed by atoms with van der Waals surface area (Å²) in [6.07, 6.45) is 0.423. The number of hydrogen-bond donors (Lipinski definition) is 3. The first-order valence-corrected chi connectivity index (χ1v) is 15.7. The van der Waals surface area contributed by atoms with Crippen LogP contribution in [0.3, 0.4) is 0 Å². The van der Waals surface area contributed by atoms with Crippen molar-refractivity contribution in [2.45, 2.75) is 25.8 Å². The lowest BCUT2D eigenvalue weighted by Gasteiger charge is -2.32. The van der Waals surface area contributed by atoms with Gasteiger partial charge in [0.25, 0.3) is 11.8 Å². The van der Waals surface area contributed by atoms with Gasteiger partial charge in [-0.3, -0.25) is 14.4 Å². The van der Waals surface area contributed by atoms with Crippen molar-refractivity contribution in [1.82, 2.24) is 15.1 Å². The van der Waals surface area contributed by atoms with Gasteiger partial charge in [-0.05, 0) is 55.3 Å². The minimum absolute atomic E-state index is 0.00357. The number of aryl methyl sites for hydroxylation is 1. The minimum atomic E-state index is -1.04. The first kappa shape index (κ1) is 32.8. The summed E-state index contributed by atoms with van der Waals surface area (Å²) in [4.78, 5) is 57.5. The fraction of sp³-hybridized carbons (Fsp3) is 0.353. The number of urea groups is 1. The highest BCUT2D eigenvalue weighted by atomic mass is 35.5. The Kier molecular flexibility index (Phi) is 10.8. The molecule has 5 rings (SSSR count). The van der Waals surface area contributed by atoms with Crippen LogP contribution in [0.4, 0.5) is 16.2 Å². The van der Waals surface area contributed by atoms with E-state index in [4.69, 9.17) is 16.3 Å². The van der Waals surface area contributed by atoms with E-state index in [1.54, 1.807) is 54.6 Å². The zero-order valence-electron chi connectivity index (χ0n) is 25.7. The summed E-state index contributed by atoms with van der Waals surface area (Å²) >= 11 is 6.14. The largest absolute Gasteiger partial charge is 0.481 e. The van der Waals surface area contributed by atoms with E-state index < -0.39 is 23.8 Å². The van der Waals surface area contributed by atoms with Crippen molar-refractivity contribution >= 4 is 46.8 Å². The van der Waals surface area contributed by atoms with Crippen LogP contribution in [-0.4, -0.2) is 91.2 Å². The third kappa shape index (κ3) is 8.35. The molecule has 0 radical (unpaired) electrons. The third-order valence-corrected chi connectivity index (χ3v) is 8.38. The van der Waals surface area contributed by atoms with Crippen molar-refractivity contribution < 1.29 is 29.0 Å². The van der Waals surface area contributed by atoms with Crippen LogP contribution in [0, 0.1) is 6.92 Å². The number of ether oxygens (including phenoxy) is 1. The molecule has 2 heterocycles. The van der Waals surface area contributed by atoms with E-state index >= 15 is 0 Å². The number of amides is 4. The van der Waals surface area contributed by atoms with E-state index in [9.17, 15) is 24.3 Å². The maximum absolute atomic E-state index is 13.5. The number of morpholine rings is 1. The average molecular weight is 648 g/mol. The highest BCUT2D eigenvalue weighted by molar-refractivity contribution is 6.31. The van der Waals surface area contributed by atoms with Gasteiger partial charge in [-0.1, -0.05) is 47.5 Å². The van der Waals surface area contributed by atoms with Gasteiger partial charge in [0.15, 0.2) is 0 Å². The van der Waals surface area contributed by atoms with Gasteiger partial charge in [0, 0.05) is 55.4 Å². The van der Waals surface area contributed by atoms with E-state index in [-0.39, 0.29) is 18.0 Å². The number of carbonyl (C=O) groups excluding carboxylic acids is 3. The third-order valence-electron chi connectivity index (χ3n) is 8.15. The number of nitrogens with zero attached hydrogens (tertiary/aromatic N) is 3. The van der Waals surface area contributed by atoms with Crippen molar-refractivity contribution in [2.24, 2.45) is 0 Å². The first-order chi connectivity index (χ1) is 22.2. The van der Waals surface area contributed by atoms with E-state index in [1.807, 2.05) is 28.9 Å². The Bertz CT molecular complexity index is 1580. The van der Waals surface area contributed by atoms with Crippen molar-refractivity contribution in [2.75, 3.05) is 62.7 Å². The summed E-state index contributed by atoms with van der Waals surface area (Å²) in [6, 6.07) is 18.2. The summed E-state index contributed by atoms with van der Waals surface area (Å²) in [7, 11) is 0. The number of nitrogens with one attached hydrogen (secondary N) is 2. The fourth-order valence-corrected chi connectivity index (χ4v) is 5.84. The normalized spacial score (nSPS) is 15.9. The van der Waals surface area contributed by atoms with Crippen LogP contribution in [-0.2, 0) is 9.53 Å². The minimum Gasteiger partial charge on any atom is -0.481 e. The predicted molar refractivity (Wildman–Crippen MR) is 176 cm³/mol. The molecule has 1 unspecified atom stereocenters. The van der Waals surface area contributed by atoms with Crippen LogP contribution in [0.5, 0.6) is 0 Å². The summed E-state index contributed by atoms with van der Waals surface area (Å²) in [6.45, 7) is 6.38. The predicted octanol–water partition coefficient (Wildman–Crippen LogP) is 4.81. The molecule has 1 atom stereocenters. The molecule has 2 aliphatic heterocycles. The van der Waals surface area contributed by atoms with Gasteiger partial charge < -0.3 is 35.2 Å². The molecular weight excluding hydrogens is 610 g/mol. The Morgan fingerprint density at radius 2 is 1.57 bits per heavy atom. The van der Waals surface area contributed by atoms with Crippen LogP contribution in [0.25, 0.3) is 0 Å². The molecule has 0 saturated carbocycles. The van der Waals surface area contributed by atoms with Crippen molar-refractivity contribution in [1.29, 1.82) is 0 Å². The van der Waals surface area contributed by atoms with Gasteiger partial charge in [0.1, 0.15) is 0 Å². The molecule has 0 aromatic heterocycles. The molecule has 11 nitrogen and oxygen atoms in total. The highest BCUT2D eigenvalue weighted by Gasteiger charge is 2.27. The molecule has 242 valence electrons. The van der Waals surface area contributed by atoms with Crippen LogP contribution < -0.4 is 15.5 Å². The van der Waals surface area contributed by atoms with Gasteiger partial charge in [-0.25, -0.2) is 4.79 Å². The van der Waals surface area contributed by atoms with E-state index in [0.29, 0.717) is 86.4 Å². The van der Waals surface area contributed by atoms with E-state index in [1.165, 1.54) is 0 Å². The molecule has 46 heavy (non-hydrogen) atoms. The quantitative estimate of drug-likeness (QED) is 0.320. The standard InChI is InChI=1S/C34H38ClN5O6/c1-23-6-8-24(9-7-23)28(22-31(41)42)36-33(44)26-10-11-30(29(21-26)37-32(43)25-4-2-5-27(35)20-25)38-12-3-13-39(15-14-38)34(45)40-16-18-46-19-17-40/h2,4-11,20-21,28H,3,12-19,22H2,1H3,(H,36,44)(H,37,43)(H,41,42). The van der Waals surface area contributed by atoms with Crippen molar-refractivity contribution in [3.63, 3.8) is 0 Å². The number of carbonyl (C=O) groups is 4. The second-order valence-electron chi connectivity index (χ2n) is 11.4. The Balaban J connectivity index is 1.39. The maximum atomic E-state index is 13.5. The monoisotopic (exact) mass is 647 g/mol. The molecular formula is C34H38ClN5O6. The molecule has 2 fully saturated rings. The molecule has 12 heteroatoms. The molecule has 3 N–H and O–H groups in total. The van der Waals surface area contributed by atoms with Gasteiger partial charge in [-0.15, -0.1) is 0 Å². The van der Waals surface area contributed by atoms with Crippen LogP contribution in [0.1, 0.15) is 50.7 Å². The molecule has 0 aliphatic carbocycles. The lowest BCUT2D eigenvalue weighted by molar-refractivity contribution is -0.137. The number of carboxylic acid groups (broad SMARTS) is 1. The van der Waals surface area contributed by atoms with Gasteiger partial charge in [-0.2, -0.15) is 0 Å². The summed E-state index contributed by atoms with van der Waals surface area (Å²) < 4.78 is 5.39. The SMILES string of the molecule is Cc1ccc(C(CC(=O)O)NC(=O)c2ccc(N3CCCN(C(=O)N4CCOCC4)CC3)c(NC(=O)c3cccc(Cl)c3)c2)cc1. The fourth-order valence-electron chi connectivity index (χ4n) is 5.65. The number of benzene rings is 3. The molecule has 3 aromatic rings. The topological polar surface area (TPSA) is 132 Å². The molecule has 3 aromatic carbocycles. The smallest absolute Gasteiger partial charge is 0.320 e. The van der Waals surface area contributed by atoms with Gasteiger partial charge in [0.05, 0.1) is 37.1 Å². The van der Waals surface area contributed by atoms with E-state index in [0.717, 1.165) is 5.56 Å².